The van der Waals surface area contributed by atoms with Gasteiger partial charge in [0.15, 0.2) is 9.84 Å². The van der Waals surface area contributed by atoms with Crippen LogP contribution in [0, 0.1) is 5.82 Å². The predicted octanol–water partition coefficient (Wildman–Crippen LogP) is 2.43. The van der Waals surface area contributed by atoms with Crippen molar-refractivity contribution in [1.29, 1.82) is 0 Å². The number of benzene rings is 1. The average Bonchev–Trinajstić information content (AvgIpc) is 2.35. The second-order valence-corrected chi connectivity index (χ2v) is 6.98. The highest BCUT2D eigenvalue weighted by molar-refractivity contribution is 7.92. The molecule has 0 amide bonds. The first-order valence-electron chi connectivity index (χ1n) is 6.11. The quantitative estimate of drug-likeness (QED) is 0.866. The van der Waals surface area contributed by atoms with Crippen LogP contribution in [-0.2, 0) is 9.84 Å². The van der Waals surface area contributed by atoms with Gasteiger partial charge in [-0.05, 0) is 31.0 Å². The van der Waals surface area contributed by atoms with Crippen molar-refractivity contribution in [3.8, 4) is 0 Å². The molecule has 2 unspecified atom stereocenters. The molecule has 0 bridgehead atoms. The Hall–Kier alpha value is -0.940. The van der Waals surface area contributed by atoms with E-state index in [9.17, 15) is 12.8 Å². The number of sulfone groups is 1. The van der Waals surface area contributed by atoms with Crippen LogP contribution in [0.1, 0.15) is 38.3 Å². The third-order valence-corrected chi connectivity index (χ3v) is 5.39. The van der Waals surface area contributed by atoms with E-state index < -0.39 is 21.1 Å². The monoisotopic (exact) mass is 273 g/mol. The fourth-order valence-corrected chi connectivity index (χ4v) is 3.38. The summed E-state index contributed by atoms with van der Waals surface area (Å²) in [5, 5.41) is -0.658. The van der Waals surface area contributed by atoms with Gasteiger partial charge in [0.2, 0.25) is 0 Å². The van der Waals surface area contributed by atoms with Crippen molar-refractivity contribution in [3.63, 3.8) is 0 Å². The van der Waals surface area contributed by atoms with Crippen molar-refractivity contribution in [2.45, 2.75) is 38.0 Å². The van der Waals surface area contributed by atoms with Crippen LogP contribution in [0.15, 0.2) is 24.3 Å². The summed E-state index contributed by atoms with van der Waals surface area (Å²) in [5.41, 5.74) is 6.59. The van der Waals surface area contributed by atoms with Gasteiger partial charge >= 0.3 is 0 Å². The van der Waals surface area contributed by atoms with Gasteiger partial charge in [-0.3, -0.25) is 0 Å². The van der Waals surface area contributed by atoms with Gasteiger partial charge in [-0.25, -0.2) is 12.8 Å². The van der Waals surface area contributed by atoms with Gasteiger partial charge in [0, 0.05) is 6.04 Å². The van der Waals surface area contributed by atoms with Gasteiger partial charge in [-0.1, -0.05) is 25.5 Å². The Labute approximate surface area is 108 Å². The SMILES string of the molecule is CCCCS(=O)(=O)C(C)C(N)c1ccc(F)cc1. The van der Waals surface area contributed by atoms with Crippen LogP contribution < -0.4 is 5.73 Å². The Morgan fingerprint density at radius 2 is 1.83 bits per heavy atom. The van der Waals surface area contributed by atoms with E-state index in [0.717, 1.165) is 6.42 Å². The molecule has 18 heavy (non-hydrogen) atoms. The highest BCUT2D eigenvalue weighted by Crippen LogP contribution is 2.21. The molecule has 2 N–H and O–H groups in total. The maximum atomic E-state index is 12.8. The van der Waals surface area contributed by atoms with Gasteiger partial charge in [0.05, 0.1) is 11.0 Å². The molecular weight excluding hydrogens is 253 g/mol. The van der Waals surface area contributed by atoms with E-state index in [2.05, 4.69) is 0 Å². The van der Waals surface area contributed by atoms with Crippen LogP contribution >= 0.6 is 0 Å². The zero-order valence-electron chi connectivity index (χ0n) is 10.8. The van der Waals surface area contributed by atoms with Crippen LogP contribution in [0.4, 0.5) is 4.39 Å². The largest absolute Gasteiger partial charge is 0.323 e. The molecule has 1 aromatic carbocycles. The van der Waals surface area contributed by atoms with Crippen molar-refractivity contribution in [2.24, 2.45) is 5.73 Å². The Balaban J connectivity index is 2.83. The number of nitrogens with two attached hydrogens (primary N) is 1. The molecule has 0 saturated heterocycles. The molecule has 0 radical (unpaired) electrons. The summed E-state index contributed by atoms with van der Waals surface area (Å²) in [7, 11) is -3.20. The molecule has 0 aliphatic carbocycles. The van der Waals surface area contributed by atoms with Crippen LogP contribution in [0.3, 0.4) is 0 Å². The van der Waals surface area contributed by atoms with Gasteiger partial charge in [0.25, 0.3) is 0 Å². The first kappa shape index (κ1) is 15.1. The van der Waals surface area contributed by atoms with E-state index in [0.29, 0.717) is 12.0 Å². The summed E-state index contributed by atoms with van der Waals surface area (Å²) >= 11 is 0. The van der Waals surface area contributed by atoms with E-state index in [1.807, 2.05) is 6.92 Å². The van der Waals surface area contributed by atoms with Crippen LogP contribution in [0.25, 0.3) is 0 Å². The Bertz CT molecular complexity index is 470. The van der Waals surface area contributed by atoms with Gasteiger partial charge in [-0.15, -0.1) is 0 Å². The summed E-state index contributed by atoms with van der Waals surface area (Å²) in [6.07, 6.45) is 1.47. The summed E-state index contributed by atoms with van der Waals surface area (Å²) in [6, 6.07) is 5.03. The fourth-order valence-electron chi connectivity index (χ4n) is 1.71. The van der Waals surface area contributed by atoms with Gasteiger partial charge < -0.3 is 5.73 Å². The molecule has 0 aliphatic rings. The van der Waals surface area contributed by atoms with Gasteiger partial charge in [-0.2, -0.15) is 0 Å². The van der Waals surface area contributed by atoms with Crippen LogP contribution in [-0.4, -0.2) is 19.4 Å². The molecule has 3 nitrogen and oxygen atoms in total. The Morgan fingerprint density at radius 1 is 1.28 bits per heavy atom. The molecule has 5 heteroatoms. The van der Waals surface area contributed by atoms with E-state index in [-0.39, 0.29) is 11.6 Å². The first-order chi connectivity index (χ1) is 8.38. The van der Waals surface area contributed by atoms with Crippen molar-refractivity contribution < 1.29 is 12.8 Å². The third-order valence-electron chi connectivity index (χ3n) is 3.11. The van der Waals surface area contributed by atoms with E-state index in [4.69, 9.17) is 5.73 Å². The zero-order valence-corrected chi connectivity index (χ0v) is 11.6. The summed E-state index contributed by atoms with van der Waals surface area (Å²) in [4.78, 5) is 0. The molecule has 0 fully saturated rings. The van der Waals surface area contributed by atoms with Gasteiger partial charge in [0.1, 0.15) is 5.82 Å². The van der Waals surface area contributed by atoms with E-state index >= 15 is 0 Å². The molecule has 0 heterocycles. The van der Waals surface area contributed by atoms with Crippen molar-refractivity contribution in [1.82, 2.24) is 0 Å². The average molecular weight is 273 g/mol. The maximum absolute atomic E-state index is 12.8. The first-order valence-corrected chi connectivity index (χ1v) is 7.82. The minimum atomic E-state index is -3.20. The lowest BCUT2D eigenvalue weighted by Crippen LogP contribution is -2.32. The smallest absolute Gasteiger partial charge is 0.154 e. The Morgan fingerprint density at radius 3 is 2.33 bits per heavy atom. The standard InChI is InChI=1S/C13H20FNO2S/c1-3-4-9-18(16,17)10(2)13(15)11-5-7-12(14)8-6-11/h5-8,10,13H,3-4,9,15H2,1-2H3. The summed E-state index contributed by atoms with van der Waals surface area (Å²) in [6.45, 7) is 3.55. The number of hydrogen-bond donors (Lipinski definition) is 1. The summed E-state index contributed by atoms with van der Waals surface area (Å²) < 4.78 is 36.8. The maximum Gasteiger partial charge on any atom is 0.154 e. The zero-order chi connectivity index (χ0) is 13.8. The molecule has 2 atom stereocenters. The minimum absolute atomic E-state index is 0.152. The van der Waals surface area contributed by atoms with E-state index in [1.165, 1.54) is 24.3 Å². The summed E-state index contributed by atoms with van der Waals surface area (Å²) in [5.74, 6) is -0.202. The molecular formula is C13H20FNO2S. The van der Waals surface area contributed by atoms with Crippen molar-refractivity contribution in [3.05, 3.63) is 35.6 Å². The number of halogens is 1. The fraction of sp³-hybridized carbons (Fsp3) is 0.538. The number of rotatable bonds is 6. The third kappa shape index (κ3) is 3.78. The van der Waals surface area contributed by atoms with E-state index in [1.54, 1.807) is 6.92 Å². The van der Waals surface area contributed by atoms with Crippen LogP contribution in [0.2, 0.25) is 0 Å². The molecule has 0 saturated carbocycles. The van der Waals surface area contributed by atoms with Crippen molar-refractivity contribution in [2.75, 3.05) is 5.75 Å². The Kier molecular flexibility index (Phi) is 5.28. The minimum Gasteiger partial charge on any atom is -0.323 e. The second kappa shape index (κ2) is 6.29. The predicted molar refractivity (Wildman–Crippen MR) is 71.5 cm³/mol. The molecule has 0 spiro atoms. The highest BCUT2D eigenvalue weighted by atomic mass is 32.2. The lowest BCUT2D eigenvalue weighted by Gasteiger charge is -2.20. The molecule has 1 rings (SSSR count). The second-order valence-electron chi connectivity index (χ2n) is 4.50. The number of unbranched alkanes of at least 4 members (excludes halogenated alkanes) is 1. The lowest BCUT2D eigenvalue weighted by molar-refractivity contribution is 0.561. The molecule has 0 aliphatic heterocycles. The van der Waals surface area contributed by atoms with Crippen LogP contribution in [0.5, 0.6) is 0 Å². The molecule has 1 aromatic rings. The topological polar surface area (TPSA) is 60.2 Å². The molecule has 102 valence electrons. The number of hydrogen-bond acceptors (Lipinski definition) is 3. The highest BCUT2D eigenvalue weighted by Gasteiger charge is 2.27. The lowest BCUT2D eigenvalue weighted by atomic mass is 10.1. The van der Waals surface area contributed by atoms with Crippen molar-refractivity contribution >= 4 is 9.84 Å². The molecule has 0 aromatic heterocycles. The normalized spacial score (nSPS) is 15.3.